The second kappa shape index (κ2) is 4.47. The Labute approximate surface area is 96.6 Å². The summed E-state index contributed by atoms with van der Waals surface area (Å²) >= 11 is 3.15. The van der Waals surface area contributed by atoms with Crippen molar-refractivity contribution in [3.05, 3.63) is 40.9 Å². The van der Waals surface area contributed by atoms with E-state index in [0.29, 0.717) is 5.56 Å². The van der Waals surface area contributed by atoms with Crippen LogP contribution >= 0.6 is 23.1 Å². The van der Waals surface area contributed by atoms with E-state index in [1.807, 2.05) is 36.6 Å². The molecule has 1 heterocycles. The third-order valence-electron chi connectivity index (χ3n) is 1.80. The van der Waals surface area contributed by atoms with E-state index >= 15 is 0 Å². The molecule has 0 aliphatic heterocycles. The quantitative estimate of drug-likeness (QED) is 0.795. The molecule has 0 atom stereocenters. The normalized spacial score (nSPS) is 9.87. The third kappa shape index (κ3) is 2.38. The van der Waals surface area contributed by atoms with E-state index in [1.165, 1.54) is 0 Å². The highest BCUT2D eigenvalue weighted by Gasteiger charge is 2.05. The maximum absolute atomic E-state index is 8.92. The van der Waals surface area contributed by atoms with Crippen LogP contribution in [0.1, 0.15) is 11.3 Å². The van der Waals surface area contributed by atoms with Gasteiger partial charge in [-0.25, -0.2) is 4.98 Å². The van der Waals surface area contributed by atoms with Crippen molar-refractivity contribution in [3.63, 3.8) is 0 Å². The fourth-order valence-corrected chi connectivity index (χ4v) is 3.00. The Hall–Kier alpha value is -1.31. The fourth-order valence-electron chi connectivity index (χ4n) is 1.12. The number of hydrogen-bond donors (Lipinski definition) is 0. The Balaban J connectivity index is 2.28. The minimum absolute atomic E-state index is 0.704. The molecule has 0 spiro atoms. The Morgan fingerprint density at radius 1 is 1.40 bits per heavy atom. The Kier molecular flexibility index (Phi) is 3.05. The van der Waals surface area contributed by atoms with E-state index in [9.17, 15) is 0 Å². The van der Waals surface area contributed by atoms with Crippen molar-refractivity contribution in [3.8, 4) is 6.07 Å². The lowest BCUT2D eigenvalue weighted by Gasteiger charge is -1.99. The number of nitrogens with zero attached hydrogens (tertiary/aromatic N) is 2. The van der Waals surface area contributed by atoms with Gasteiger partial charge in [-0.15, -0.1) is 11.3 Å². The molecule has 0 radical (unpaired) electrons. The van der Waals surface area contributed by atoms with Crippen LogP contribution in [0.15, 0.2) is 38.9 Å². The van der Waals surface area contributed by atoms with E-state index in [2.05, 4.69) is 11.1 Å². The molecule has 2 nitrogen and oxygen atoms in total. The number of benzene rings is 1. The van der Waals surface area contributed by atoms with Crippen molar-refractivity contribution in [2.24, 2.45) is 0 Å². The molecule has 4 heteroatoms. The summed E-state index contributed by atoms with van der Waals surface area (Å²) in [6.45, 7) is 1.97. The first-order chi connectivity index (χ1) is 7.29. The summed E-state index contributed by atoms with van der Waals surface area (Å²) in [5.74, 6) is 0. The maximum atomic E-state index is 8.92. The van der Waals surface area contributed by atoms with Crippen molar-refractivity contribution >= 4 is 23.1 Å². The zero-order valence-electron chi connectivity index (χ0n) is 8.10. The SMILES string of the molecule is Cc1csc(Sc2ccccc2C#N)n1. The van der Waals surface area contributed by atoms with Crippen molar-refractivity contribution in [1.29, 1.82) is 5.26 Å². The van der Waals surface area contributed by atoms with E-state index in [4.69, 9.17) is 5.26 Å². The summed E-state index contributed by atoms with van der Waals surface area (Å²) < 4.78 is 0.982. The van der Waals surface area contributed by atoms with Gasteiger partial charge in [0, 0.05) is 16.0 Å². The van der Waals surface area contributed by atoms with Gasteiger partial charge in [0.05, 0.1) is 5.56 Å². The fraction of sp³-hybridized carbons (Fsp3) is 0.0909. The summed E-state index contributed by atoms with van der Waals surface area (Å²) in [5, 5.41) is 10.9. The molecule has 0 amide bonds. The lowest BCUT2D eigenvalue weighted by molar-refractivity contribution is 1.16. The standard InChI is InChI=1S/C11H8N2S2/c1-8-7-14-11(13-8)15-10-5-3-2-4-9(10)6-12/h2-5,7H,1H3. The van der Waals surface area contributed by atoms with Gasteiger partial charge in [0.25, 0.3) is 0 Å². The van der Waals surface area contributed by atoms with Crippen LogP contribution in [0.5, 0.6) is 0 Å². The molecule has 0 aliphatic rings. The largest absolute Gasteiger partial charge is 0.235 e. The maximum Gasteiger partial charge on any atom is 0.154 e. The molecule has 0 saturated carbocycles. The summed E-state index contributed by atoms with van der Waals surface area (Å²) in [4.78, 5) is 5.32. The van der Waals surface area contributed by atoms with Gasteiger partial charge in [0.2, 0.25) is 0 Å². The molecule has 0 fully saturated rings. The van der Waals surface area contributed by atoms with Gasteiger partial charge in [-0.05, 0) is 19.1 Å². The second-order valence-corrected chi connectivity index (χ2v) is 5.11. The van der Waals surface area contributed by atoms with Crippen LogP contribution in [0.2, 0.25) is 0 Å². The third-order valence-corrected chi connectivity index (χ3v) is 3.94. The average molecular weight is 232 g/mol. The summed E-state index contributed by atoms with van der Waals surface area (Å²) in [6.07, 6.45) is 0. The van der Waals surface area contributed by atoms with Crippen LogP contribution in [-0.4, -0.2) is 4.98 Å². The number of rotatable bonds is 2. The minimum atomic E-state index is 0.704. The Morgan fingerprint density at radius 2 is 2.20 bits per heavy atom. The molecule has 0 saturated heterocycles. The first-order valence-corrected chi connectivity index (χ1v) is 6.08. The molecule has 2 rings (SSSR count). The summed E-state index contributed by atoms with van der Waals surface area (Å²) in [5.41, 5.74) is 1.73. The van der Waals surface area contributed by atoms with Gasteiger partial charge in [0.1, 0.15) is 6.07 Å². The molecular formula is C11H8N2S2. The molecule has 0 unspecified atom stereocenters. The topological polar surface area (TPSA) is 36.7 Å². The van der Waals surface area contributed by atoms with Crippen LogP contribution in [0.3, 0.4) is 0 Å². The smallest absolute Gasteiger partial charge is 0.154 e. The number of hydrogen-bond acceptors (Lipinski definition) is 4. The van der Waals surface area contributed by atoms with Crippen molar-refractivity contribution in [1.82, 2.24) is 4.98 Å². The molecule has 74 valence electrons. The van der Waals surface area contributed by atoms with E-state index in [-0.39, 0.29) is 0 Å². The Bertz CT molecular complexity index is 511. The molecule has 0 bridgehead atoms. The van der Waals surface area contributed by atoms with Crippen LogP contribution in [-0.2, 0) is 0 Å². The van der Waals surface area contributed by atoms with Crippen LogP contribution < -0.4 is 0 Å². The van der Waals surface area contributed by atoms with E-state index < -0.39 is 0 Å². The monoisotopic (exact) mass is 232 g/mol. The van der Waals surface area contributed by atoms with Gasteiger partial charge in [-0.1, -0.05) is 23.9 Å². The minimum Gasteiger partial charge on any atom is -0.235 e. The van der Waals surface area contributed by atoms with Crippen molar-refractivity contribution < 1.29 is 0 Å². The molecule has 0 N–H and O–H groups in total. The van der Waals surface area contributed by atoms with Crippen molar-refractivity contribution in [2.75, 3.05) is 0 Å². The van der Waals surface area contributed by atoms with Gasteiger partial charge < -0.3 is 0 Å². The van der Waals surface area contributed by atoms with Crippen molar-refractivity contribution in [2.45, 2.75) is 16.2 Å². The average Bonchev–Trinajstić information content (AvgIpc) is 2.65. The van der Waals surface area contributed by atoms with E-state index in [0.717, 1.165) is 14.9 Å². The highest BCUT2D eigenvalue weighted by atomic mass is 32.2. The van der Waals surface area contributed by atoms with Gasteiger partial charge in [-0.3, -0.25) is 0 Å². The summed E-state index contributed by atoms with van der Waals surface area (Å²) in [6, 6.07) is 9.75. The molecule has 2 aromatic rings. The zero-order valence-corrected chi connectivity index (χ0v) is 9.73. The highest BCUT2D eigenvalue weighted by molar-refractivity contribution is 8.01. The predicted molar refractivity (Wildman–Crippen MR) is 62.1 cm³/mol. The molecule has 0 aliphatic carbocycles. The number of aryl methyl sites for hydroxylation is 1. The second-order valence-electron chi connectivity index (χ2n) is 2.96. The first-order valence-electron chi connectivity index (χ1n) is 4.38. The van der Waals surface area contributed by atoms with Gasteiger partial charge in [0.15, 0.2) is 4.34 Å². The number of thiazole rings is 1. The van der Waals surface area contributed by atoms with Crippen LogP contribution in [0.25, 0.3) is 0 Å². The number of aromatic nitrogens is 1. The molecule has 15 heavy (non-hydrogen) atoms. The molecule has 1 aromatic carbocycles. The summed E-state index contributed by atoms with van der Waals surface area (Å²) in [7, 11) is 0. The molecular weight excluding hydrogens is 224 g/mol. The lowest BCUT2D eigenvalue weighted by atomic mass is 10.2. The van der Waals surface area contributed by atoms with Crippen LogP contribution in [0.4, 0.5) is 0 Å². The predicted octanol–water partition coefficient (Wildman–Crippen LogP) is 3.47. The lowest BCUT2D eigenvalue weighted by Crippen LogP contribution is -1.79. The Morgan fingerprint density at radius 3 is 2.87 bits per heavy atom. The highest BCUT2D eigenvalue weighted by Crippen LogP contribution is 2.32. The van der Waals surface area contributed by atoms with E-state index in [1.54, 1.807) is 23.1 Å². The first kappa shape index (κ1) is 10.2. The van der Waals surface area contributed by atoms with Crippen LogP contribution in [0, 0.1) is 18.3 Å². The molecule has 1 aromatic heterocycles. The zero-order chi connectivity index (χ0) is 10.7. The number of nitriles is 1. The van der Waals surface area contributed by atoms with Gasteiger partial charge in [-0.2, -0.15) is 5.26 Å². The van der Waals surface area contributed by atoms with Gasteiger partial charge >= 0.3 is 0 Å².